The first-order chi connectivity index (χ1) is 12.5. The standard InChI is InChI=1S/C18H21N5OS2/c1-11-12(2)19-17-20-18(21-23(17)13(11)3)26-10-16(24)22(15-4-5-15)8-14-6-7-25-9-14/h6-7,9,15H,4-5,8,10H2,1-3H3. The molecule has 0 saturated heterocycles. The Hall–Kier alpha value is -1.93. The third-order valence-electron chi connectivity index (χ3n) is 4.81. The van der Waals surface area contributed by atoms with Crippen molar-refractivity contribution in [2.24, 2.45) is 0 Å². The lowest BCUT2D eigenvalue weighted by molar-refractivity contribution is -0.129. The van der Waals surface area contributed by atoms with Gasteiger partial charge in [-0.05, 0) is 61.6 Å². The van der Waals surface area contributed by atoms with E-state index in [0.717, 1.165) is 29.8 Å². The van der Waals surface area contributed by atoms with Crippen LogP contribution >= 0.6 is 23.1 Å². The lowest BCUT2D eigenvalue weighted by atomic mass is 10.2. The van der Waals surface area contributed by atoms with Gasteiger partial charge in [-0.2, -0.15) is 16.3 Å². The second kappa shape index (κ2) is 7.00. The minimum absolute atomic E-state index is 0.152. The minimum atomic E-state index is 0.152. The molecule has 0 radical (unpaired) electrons. The molecule has 136 valence electrons. The van der Waals surface area contributed by atoms with Gasteiger partial charge in [0, 0.05) is 24.0 Å². The number of nitrogens with zero attached hydrogens (tertiary/aromatic N) is 5. The van der Waals surface area contributed by atoms with Gasteiger partial charge in [0.1, 0.15) is 0 Å². The van der Waals surface area contributed by atoms with Crippen molar-refractivity contribution >= 4 is 34.8 Å². The van der Waals surface area contributed by atoms with E-state index in [-0.39, 0.29) is 5.91 Å². The molecular formula is C18H21N5OS2. The van der Waals surface area contributed by atoms with Gasteiger partial charge in [-0.25, -0.2) is 9.50 Å². The molecule has 3 aromatic rings. The minimum Gasteiger partial charge on any atom is -0.335 e. The van der Waals surface area contributed by atoms with Crippen molar-refractivity contribution in [2.75, 3.05) is 5.75 Å². The van der Waals surface area contributed by atoms with Crippen molar-refractivity contribution in [1.82, 2.24) is 24.5 Å². The Balaban J connectivity index is 1.46. The van der Waals surface area contributed by atoms with Crippen molar-refractivity contribution < 1.29 is 4.79 Å². The van der Waals surface area contributed by atoms with Crippen LogP contribution in [0.2, 0.25) is 0 Å². The number of aromatic nitrogens is 4. The Morgan fingerprint density at radius 2 is 2.15 bits per heavy atom. The second-order valence-electron chi connectivity index (χ2n) is 6.69. The van der Waals surface area contributed by atoms with Crippen LogP contribution in [0.1, 0.15) is 35.4 Å². The smallest absolute Gasteiger partial charge is 0.253 e. The van der Waals surface area contributed by atoms with Gasteiger partial charge in [0.25, 0.3) is 5.78 Å². The van der Waals surface area contributed by atoms with Gasteiger partial charge in [-0.1, -0.05) is 11.8 Å². The first-order valence-electron chi connectivity index (χ1n) is 8.67. The third kappa shape index (κ3) is 3.48. The molecule has 0 bridgehead atoms. The molecule has 1 fully saturated rings. The molecule has 0 unspecified atom stereocenters. The Kier molecular flexibility index (Phi) is 4.71. The van der Waals surface area contributed by atoms with Crippen LogP contribution < -0.4 is 0 Å². The molecule has 0 aromatic carbocycles. The van der Waals surface area contributed by atoms with Crippen LogP contribution in [0.25, 0.3) is 5.78 Å². The van der Waals surface area contributed by atoms with E-state index < -0.39 is 0 Å². The van der Waals surface area contributed by atoms with E-state index >= 15 is 0 Å². The van der Waals surface area contributed by atoms with E-state index in [1.54, 1.807) is 15.9 Å². The highest BCUT2D eigenvalue weighted by molar-refractivity contribution is 7.99. The molecule has 3 aromatic heterocycles. The normalized spacial score (nSPS) is 14.1. The Morgan fingerprint density at radius 3 is 2.85 bits per heavy atom. The van der Waals surface area contributed by atoms with Crippen molar-refractivity contribution in [3.8, 4) is 0 Å². The number of aryl methyl sites for hydroxylation is 2. The molecule has 6 nitrogen and oxygen atoms in total. The summed E-state index contributed by atoms with van der Waals surface area (Å²) < 4.78 is 1.76. The predicted molar refractivity (Wildman–Crippen MR) is 104 cm³/mol. The van der Waals surface area contributed by atoms with Crippen LogP contribution in [0.5, 0.6) is 0 Å². The van der Waals surface area contributed by atoms with E-state index in [9.17, 15) is 4.79 Å². The molecule has 1 amide bonds. The molecule has 4 rings (SSSR count). The van der Waals surface area contributed by atoms with Gasteiger partial charge in [0.2, 0.25) is 11.1 Å². The third-order valence-corrected chi connectivity index (χ3v) is 6.36. The van der Waals surface area contributed by atoms with Crippen LogP contribution in [-0.4, -0.2) is 42.2 Å². The topological polar surface area (TPSA) is 63.4 Å². The molecule has 0 aliphatic heterocycles. The van der Waals surface area contributed by atoms with Gasteiger partial charge in [-0.15, -0.1) is 5.10 Å². The number of hydrogen-bond donors (Lipinski definition) is 0. The summed E-state index contributed by atoms with van der Waals surface area (Å²) in [4.78, 5) is 23.7. The summed E-state index contributed by atoms with van der Waals surface area (Å²) in [5, 5.41) is 9.29. The van der Waals surface area contributed by atoms with Gasteiger partial charge in [0.15, 0.2) is 0 Å². The van der Waals surface area contributed by atoms with Crippen molar-refractivity contribution in [3.63, 3.8) is 0 Å². The van der Waals surface area contributed by atoms with E-state index in [1.807, 2.05) is 25.7 Å². The zero-order chi connectivity index (χ0) is 18.3. The number of carbonyl (C=O) groups is 1. The quantitative estimate of drug-likeness (QED) is 0.607. The van der Waals surface area contributed by atoms with Gasteiger partial charge >= 0.3 is 0 Å². The van der Waals surface area contributed by atoms with Crippen molar-refractivity contribution in [1.29, 1.82) is 0 Å². The van der Waals surface area contributed by atoms with E-state index in [0.29, 0.717) is 29.3 Å². The number of amides is 1. The molecule has 1 saturated carbocycles. The summed E-state index contributed by atoms with van der Waals surface area (Å²) in [6, 6.07) is 2.48. The number of carbonyl (C=O) groups excluding carboxylic acids is 1. The van der Waals surface area contributed by atoms with Gasteiger partial charge < -0.3 is 4.90 Å². The molecule has 0 spiro atoms. The van der Waals surface area contributed by atoms with Crippen LogP contribution in [-0.2, 0) is 11.3 Å². The largest absolute Gasteiger partial charge is 0.335 e. The highest BCUT2D eigenvalue weighted by Gasteiger charge is 2.32. The van der Waals surface area contributed by atoms with Crippen molar-refractivity contribution in [3.05, 3.63) is 39.3 Å². The molecule has 1 aliphatic carbocycles. The Morgan fingerprint density at radius 1 is 1.35 bits per heavy atom. The monoisotopic (exact) mass is 387 g/mol. The molecule has 26 heavy (non-hydrogen) atoms. The number of hydrogen-bond acceptors (Lipinski definition) is 6. The van der Waals surface area contributed by atoms with Crippen LogP contribution in [0, 0.1) is 20.8 Å². The van der Waals surface area contributed by atoms with Crippen LogP contribution in [0.15, 0.2) is 22.0 Å². The summed E-state index contributed by atoms with van der Waals surface area (Å²) in [6.45, 7) is 6.73. The Bertz CT molecular complexity index is 946. The first kappa shape index (κ1) is 17.5. The molecule has 1 aliphatic rings. The summed E-state index contributed by atoms with van der Waals surface area (Å²) in [5.41, 5.74) is 4.32. The fraction of sp³-hybridized carbons (Fsp3) is 0.444. The Labute approximate surface area is 160 Å². The van der Waals surface area contributed by atoms with Gasteiger partial charge in [0.05, 0.1) is 5.75 Å². The summed E-state index contributed by atoms with van der Waals surface area (Å²) in [7, 11) is 0. The fourth-order valence-electron chi connectivity index (χ4n) is 2.89. The highest BCUT2D eigenvalue weighted by Crippen LogP contribution is 2.30. The number of rotatable bonds is 6. The average Bonchev–Trinajstić information content (AvgIpc) is 3.17. The maximum absolute atomic E-state index is 12.7. The van der Waals surface area contributed by atoms with E-state index in [2.05, 4.69) is 31.9 Å². The second-order valence-corrected chi connectivity index (χ2v) is 8.41. The number of fused-ring (bicyclic) bond motifs is 1. The molecular weight excluding hydrogens is 366 g/mol. The van der Waals surface area contributed by atoms with Crippen LogP contribution in [0.4, 0.5) is 0 Å². The van der Waals surface area contributed by atoms with Crippen LogP contribution in [0.3, 0.4) is 0 Å². The van der Waals surface area contributed by atoms with E-state index in [4.69, 9.17) is 0 Å². The van der Waals surface area contributed by atoms with E-state index in [1.165, 1.54) is 17.3 Å². The average molecular weight is 388 g/mol. The number of thiophene rings is 1. The molecule has 8 heteroatoms. The SMILES string of the molecule is Cc1nc2nc(SCC(=O)N(Cc3ccsc3)C3CC3)nn2c(C)c1C. The molecule has 0 atom stereocenters. The highest BCUT2D eigenvalue weighted by atomic mass is 32.2. The van der Waals surface area contributed by atoms with Crippen molar-refractivity contribution in [2.45, 2.75) is 51.4 Å². The maximum Gasteiger partial charge on any atom is 0.253 e. The lowest BCUT2D eigenvalue weighted by Gasteiger charge is -2.21. The van der Waals surface area contributed by atoms with Gasteiger partial charge in [-0.3, -0.25) is 4.79 Å². The molecule has 0 N–H and O–H groups in total. The summed E-state index contributed by atoms with van der Waals surface area (Å²) >= 11 is 3.06. The zero-order valence-corrected chi connectivity index (χ0v) is 16.7. The first-order valence-corrected chi connectivity index (χ1v) is 10.6. The molecule has 3 heterocycles. The fourth-order valence-corrected chi connectivity index (χ4v) is 4.26. The number of thioether (sulfide) groups is 1. The maximum atomic E-state index is 12.7. The summed E-state index contributed by atoms with van der Waals surface area (Å²) in [5.74, 6) is 1.10. The lowest BCUT2D eigenvalue weighted by Crippen LogP contribution is -2.33. The summed E-state index contributed by atoms with van der Waals surface area (Å²) in [6.07, 6.45) is 2.21. The zero-order valence-electron chi connectivity index (χ0n) is 15.1. The predicted octanol–water partition coefficient (Wildman–Crippen LogP) is 3.39.